The summed E-state index contributed by atoms with van der Waals surface area (Å²) in [6.07, 6.45) is -3.00. The molecule has 1 fully saturated rings. The number of ether oxygens (including phenoxy) is 1. The van der Waals surface area contributed by atoms with Crippen LogP contribution in [-0.2, 0) is 9.53 Å². The highest BCUT2D eigenvalue weighted by Gasteiger charge is 2.38. The number of aliphatic hydroxyl groups excluding tert-OH is 1. The van der Waals surface area contributed by atoms with E-state index in [1.54, 1.807) is 22.6 Å². The first-order valence-electron chi connectivity index (χ1n) is 2.91. The molecular formula is C7H5IO3. The van der Waals surface area contributed by atoms with E-state index < -0.39 is 24.1 Å². The van der Waals surface area contributed by atoms with Crippen molar-refractivity contribution in [2.24, 2.45) is 0 Å². The Morgan fingerprint density at radius 3 is 2.73 bits per heavy atom. The number of rotatable bonds is 0. The molecule has 1 heterocycles. The quantitative estimate of drug-likeness (QED) is 0.486. The zero-order valence-electron chi connectivity index (χ0n) is 5.45. The molecule has 0 saturated carbocycles. The van der Waals surface area contributed by atoms with Crippen LogP contribution in [0.1, 0.15) is 0 Å². The molecule has 1 N–H and O–H groups in total. The third kappa shape index (κ3) is 1.72. The van der Waals surface area contributed by atoms with Crippen molar-refractivity contribution < 1.29 is 14.6 Å². The number of carbonyl (C=O) groups is 1. The van der Waals surface area contributed by atoms with E-state index in [0.717, 1.165) is 0 Å². The van der Waals surface area contributed by atoms with E-state index >= 15 is 0 Å². The van der Waals surface area contributed by atoms with Crippen molar-refractivity contribution in [3.63, 3.8) is 0 Å². The fraction of sp³-hybridized carbons (Fsp3) is 0.429. The summed E-state index contributed by atoms with van der Waals surface area (Å²) in [7, 11) is 0. The molecule has 0 aromatic heterocycles. The average Bonchev–Trinajstić information content (AvgIpc) is 2.19. The Morgan fingerprint density at radius 2 is 2.36 bits per heavy atom. The SMILES string of the molecule is [CH][C@@H]1O[C@H](C#CI)C(=O)C1O. The molecule has 3 nitrogen and oxygen atoms in total. The lowest BCUT2D eigenvalue weighted by molar-refractivity contribution is -0.125. The largest absolute Gasteiger partial charge is 0.382 e. The van der Waals surface area contributed by atoms with Crippen LogP contribution in [0.25, 0.3) is 0 Å². The van der Waals surface area contributed by atoms with Gasteiger partial charge in [0, 0.05) is 22.6 Å². The maximum absolute atomic E-state index is 10.9. The first-order chi connectivity index (χ1) is 5.16. The van der Waals surface area contributed by atoms with Crippen LogP contribution in [0.5, 0.6) is 0 Å². The molecule has 4 heteroatoms. The van der Waals surface area contributed by atoms with Crippen LogP contribution in [-0.4, -0.2) is 29.2 Å². The fourth-order valence-electron chi connectivity index (χ4n) is 0.770. The zero-order chi connectivity index (χ0) is 8.43. The molecule has 1 aliphatic rings. The minimum absolute atomic E-state index is 0.457. The Bertz CT molecular complexity index is 228. The highest BCUT2D eigenvalue weighted by Crippen LogP contribution is 2.15. The van der Waals surface area contributed by atoms with E-state index in [1.165, 1.54) is 0 Å². The van der Waals surface area contributed by atoms with Crippen LogP contribution in [0.2, 0.25) is 0 Å². The second-order valence-electron chi connectivity index (χ2n) is 2.07. The molecule has 0 spiro atoms. The topological polar surface area (TPSA) is 46.5 Å². The van der Waals surface area contributed by atoms with Gasteiger partial charge >= 0.3 is 0 Å². The molecule has 0 aromatic rings. The lowest BCUT2D eigenvalue weighted by atomic mass is 10.1. The molecule has 3 atom stereocenters. The molecule has 0 bridgehead atoms. The standard InChI is InChI=1S/C7H5IO3/c1-4-6(9)7(10)5(11-4)2-3-8/h1,4-6,9H/t4-,5+,6?/m0/s1. The first kappa shape index (κ1) is 8.97. The van der Waals surface area contributed by atoms with Gasteiger partial charge in [-0.1, -0.05) is 5.92 Å². The van der Waals surface area contributed by atoms with Gasteiger partial charge in [-0.15, -0.1) is 0 Å². The Balaban J connectivity index is 2.72. The van der Waals surface area contributed by atoms with E-state index in [4.69, 9.17) is 16.8 Å². The molecule has 1 aliphatic heterocycles. The molecule has 2 radical (unpaired) electrons. The van der Waals surface area contributed by atoms with Gasteiger partial charge in [-0.2, -0.15) is 0 Å². The van der Waals surface area contributed by atoms with E-state index in [2.05, 4.69) is 9.85 Å². The van der Waals surface area contributed by atoms with Gasteiger partial charge in [-0.3, -0.25) is 4.79 Å². The van der Waals surface area contributed by atoms with Crippen molar-refractivity contribution in [3.8, 4) is 9.85 Å². The molecule has 1 saturated heterocycles. The summed E-state index contributed by atoms with van der Waals surface area (Å²) in [5, 5.41) is 8.99. The van der Waals surface area contributed by atoms with Gasteiger partial charge in [0.15, 0.2) is 6.10 Å². The minimum Gasteiger partial charge on any atom is -0.382 e. The minimum atomic E-state index is -1.22. The number of carbonyl (C=O) groups excluding carboxylic acids is 1. The van der Waals surface area contributed by atoms with Crippen LogP contribution < -0.4 is 0 Å². The molecule has 0 aromatic carbocycles. The van der Waals surface area contributed by atoms with Crippen LogP contribution >= 0.6 is 22.6 Å². The lowest BCUT2D eigenvalue weighted by Gasteiger charge is -2.01. The normalized spacial score (nSPS) is 36.6. The summed E-state index contributed by atoms with van der Waals surface area (Å²) in [6, 6.07) is 0. The number of Topliss-reactive ketones (excluding diaryl/α,β-unsaturated/α-hetero) is 1. The van der Waals surface area contributed by atoms with Gasteiger partial charge in [0.2, 0.25) is 5.78 Å². The van der Waals surface area contributed by atoms with E-state index in [1.807, 2.05) is 0 Å². The summed E-state index contributed by atoms with van der Waals surface area (Å²) in [4.78, 5) is 10.9. The zero-order valence-corrected chi connectivity index (χ0v) is 7.61. The molecule has 0 aliphatic carbocycles. The average molecular weight is 264 g/mol. The van der Waals surface area contributed by atoms with Crippen molar-refractivity contribution in [1.29, 1.82) is 0 Å². The van der Waals surface area contributed by atoms with Crippen molar-refractivity contribution >= 4 is 28.4 Å². The molecule has 1 unspecified atom stereocenters. The highest BCUT2D eigenvalue weighted by molar-refractivity contribution is 14.1. The summed E-state index contributed by atoms with van der Waals surface area (Å²) in [6.45, 7) is 5.23. The molecular weight excluding hydrogens is 259 g/mol. The fourth-order valence-corrected chi connectivity index (χ4v) is 1.05. The first-order valence-corrected chi connectivity index (χ1v) is 3.98. The summed E-state index contributed by atoms with van der Waals surface area (Å²) in [5.41, 5.74) is 0. The van der Waals surface area contributed by atoms with Crippen molar-refractivity contribution in [3.05, 3.63) is 6.92 Å². The molecule has 0 amide bonds. The number of ketones is 1. The predicted molar refractivity (Wildman–Crippen MR) is 45.8 cm³/mol. The maximum atomic E-state index is 10.9. The van der Waals surface area contributed by atoms with Gasteiger partial charge in [-0.05, 0) is 10.9 Å². The van der Waals surface area contributed by atoms with Crippen molar-refractivity contribution in [1.82, 2.24) is 0 Å². The van der Waals surface area contributed by atoms with Crippen LogP contribution in [0.15, 0.2) is 0 Å². The Kier molecular flexibility index (Phi) is 2.87. The van der Waals surface area contributed by atoms with E-state index in [9.17, 15) is 4.79 Å². The maximum Gasteiger partial charge on any atom is 0.204 e. The smallest absolute Gasteiger partial charge is 0.204 e. The van der Waals surface area contributed by atoms with Gasteiger partial charge in [0.05, 0.1) is 6.10 Å². The third-order valence-electron chi connectivity index (χ3n) is 1.34. The van der Waals surface area contributed by atoms with E-state index in [-0.39, 0.29) is 0 Å². The van der Waals surface area contributed by atoms with Gasteiger partial charge in [-0.25, -0.2) is 0 Å². The molecule has 11 heavy (non-hydrogen) atoms. The predicted octanol–water partition coefficient (Wildman–Crippen LogP) is -0.209. The van der Waals surface area contributed by atoms with Crippen LogP contribution in [0.4, 0.5) is 0 Å². The second kappa shape index (κ2) is 3.52. The molecule has 1 rings (SSSR count). The van der Waals surface area contributed by atoms with Crippen molar-refractivity contribution in [2.75, 3.05) is 0 Å². The molecule has 58 valence electrons. The Labute approximate surface area is 78.3 Å². The second-order valence-corrected chi connectivity index (χ2v) is 2.61. The van der Waals surface area contributed by atoms with E-state index in [0.29, 0.717) is 0 Å². The summed E-state index contributed by atoms with van der Waals surface area (Å²) < 4.78 is 7.31. The monoisotopic (exact) mass is 264 g/mol. The lowest BCUT2D eigenvalue weighted by Crippen LogP contribution is -2.25. The summed E-state index contributed by atoms with van der Waals surface area (Å²) >= 11 is 1.79. The van der Waals surface area contributed by atoms with Gasteiger partial charge in [0.25, 0.3) is 0 Å². The third-order valence-corrected chi connectivity index (χ3v) is 1.65. The number of hydrogen-bond acceptors (Lipinski definition) is 3. The van der Waals surface area contributed by atoms with Crippen LogP contribution in [0, 0.1) is 16.8 Å². The number of hydrogen-bond donors (Lipinski definition) is 1. The number of halogens is 1. The Morgan fingerprint density at radius 1 is 1.73 bits per heavy atom. The van der Waals surface area contributed by atoms with Crippen LogP contribution in [0.3, 0.4) is 0 Å². The summed E-state index contributed by atoms with van der Waals surface area (Å²) in [5.74, 6) is 2.02. The van der Waals surface area contributed by atoms with Gasteiger partial charge < -0.3 is 9.84 Å². The van der Waals surface area contributed by atoms with Crippen molar-refractivity contribution in [2.45, 2.75) is 18.3 Å². The van der Waals surface area contributed by atoms with Gasteiger partial charge in [0.1, 0.15) is 6.10 Å². The number of aliphatic hydroxyl groups is 1. The highest BCUT2D eigenvalue weighted by atomic mass is 127. The Hall–Kier alpha value is -0.120.